The van der Waals surface area contributed by atoms with Gasteiger partial charge in [-0.2, -0.15) is 0 Å². The van der Waals surface area contributed by atoms with Crippen LogP contribution in [0.3, 0.4) is 0 Å². The third-order valence-electron chi connectivity index (χ3n) is 6.10. The van der Waals surface area contributed by atoms with Crippen LogP contribution in [0.15, 0.2) is 97.1 Å². The summed E-state index contributed by atoms with van der Waals surface area (Å²) in [4.78, 5) is 25.8. The highest BCUT2D eigenvalue weighted by atomic mass is 16.5. The lowest BCUT2D eigenvalue weighted by atomic mass is 9.82. The highest BCUT2D eigenvalue weighted by molar-refractivity contribution is 6.28. The summed E-state index contributed by atoms with van der Waals surface area (Å²) in [5.74, 6) is -0.862. The summed E-state index contributed by atoms with van der Waals surface area (Å²) in [5, 5.41) is 3.18. The molecule has 5 rings (SSSR count). The molecule has 0 saturated carbocycles. The number of rotatable bonds is 4. The lowest BCUT2D eigenvalue weighted by molar-refractivity contribution is 0.0594. The van der Waals surface area contributed by atoms with Gasteiger partial charge in [0.2, 0.25) is 0 Å². The predicted molar refractivity (Wildman–Crippen MR) is 135 cm³/mol. The van der Waals surface area contributed by atoms with Gasteiger partial charge < -0.3 is 9.47 Å². The summed E-state index contributed by atoms with van der Waals surface area (Å²) in [6.45, 7) is 0. The Morgan fingerprint density at radius 1 is 0.500 bits per heavy atom. The van der Waals surface area contributed by atoms with Crippen molar-refractivity contribution in [2.75, 3.05) is 14.2 Å². The summed E-state index contributed by atoms with van der Waals surface area (Å²) in [5.41, 5.74) is 4.69. The van der Waals surface area contributed by atoms with Crippen LogP contribution in [0.4, 0.5) is 0 Å². The molecule has 0 spiro atoms. The molecule has 0 aliphatic heterocycles. The standard InChI is InChI=1S/C30H22O4/c1-33-29(31)23-17-9-15-21-25(19-11-5-3-6-12-19)26(20-13-7-4-8-14-20)28-22(27(21)23)16-10-18-24(28)30(32)34-2/h3-18H,1-2H3. The average Bonchev–Trinajstić information content (AvgIpc) is 2.91. The van der Waals surface area contributed by atoms with Crippen molar-refractivity contribution in [3.63, 3.8) is 0 Å². The van der Waals surface area contributed by atoms with E-state index in [1.54, 1.807) is 12.1 Å². The highest BCUT2D eigenvalue weighted by Crippen LogP contribution is 2.46. The molecule has 0 aliphatic carbocycles. The molecule has 0 unspecified atom stereocenters. The van der Waals surface area contributed by atoms with Gasteiger partial charge in [0.25, 0.3) is 0 Å². The van der Waals surface area contributed by atoms with Gasteiger partial charge in [0.15, 0.2) is 0 Å². The number of hydrogen-bond donors (Lipinski definition) is 0. The molecule has 0 N–H and O–H groups in total. The molecule has 0 aliphatic rings. The molecule has 0 atom stereocenters. The molecule has 0 aromatic heterocycles. The quantitative estimate of drug-likeness (QED) is 0.223. The third kappa shape index (κ3) is 3.41. The van der Waals surface area contributed by atoms with Gasteiger partial charge in [0.1, 0.15) is 0 Å². The van der Waals surface area contributed by atoms with Crippen molar-refractivity contribution in [1.82, 2.24) is 0 Å². The second-order valence-electron chi connectivity index (χ2n) is 7.92. The van der Waals surface area contributed by atoms with E-state index in [1.807, 2.05) is 84.9 Å². The predicted octanol–water partition coefficient (Wildman–Crippen LogP) is 6.90. The van der Waals surface area contributed by atoms with E-state index in [-0.39, 0.29) is 0 Å². The van der Waals surface area contributed by atoms with Crippen LogP contribution in [0.5, 0.6) is 0 Å². The molecule has 0 heterocycles. The van der Waals surface area contributed by atoms with Crippen LogP contribution >= 0.6 is 0 Å². The molecule has 0 bridgehead atoms. The first-order valence-electron chi connectivity index (χ1n) is 10.9. The Bertz CT molecular complexity index is 1540. The number of carbonyl (C=O) groups excluding carboxylic acids is 2. The van der Waals surface area contributed by atoms with E-state index < -0.39 is 11.9 Å². The number of benzene rings is 5. The maximum absolute atomic E-state index is 13.0. The van der Waals surface area contributed by atoms with Crippen LogP contribution in [-0.2, 0) is 9.47 Å². The van der Waals surface area contributed by atoms with Gasteiger partial charge in [-0.15, -0.1) is 0 Å². The Morgan fingerprint density at radius 3 is 1.50 bits per heavy atom. The van der Waals surface area contributed by atoms with E-state index in [2.05, 4.69) is 0 Å². The topological polar surface area (TPSA) is 52.6 Å². The van der Waals surface area contributed by atoms with E-state index in [9.17, 15) is 9.59 Å². The highest BCUT2D eigenvalue weighted by Gasteiger charge is 2.24. The lowest BCUT2D eigenvalue weighted by Gasteiger charge is -2.21. The van der Waals surface area contributed by atoms with Crippen LogP contribution < -0.4 is 0 Å². The first-order valence-corrected chi connectivity index (χ1v) is 10.9. The first kappa shape index (κ1) is 21.4. The van der Waals surface area contributed by atoms with Gasteiger partial charge >= 0.3 is 11.9 Å². The molecule has 0 fully saturated rings. The van der Waals surface area contributed by atoms with Gasteiger partial charge in [-0.1, -0.05) is 84.9 Å². The molecule has 4 nitrogen and oxygen atoms in total. The molecule has 34 heavy (non-hydrogen) atoms. The van der Waals surface area contributed by atoms with E-state index in [1.165, 1.54) is 14.2 Å². The SMILES string of the molecule is COC(=O)c1cccc2c1c(-c1ccccc1)c(-c1ccccc1)c1cccc(C(=O)OC)c12. The zero-order valence-corrected chi connectivity index (χ0v) is 18.9. The van der Waals surface area contributed by atoms with Crippen molar-refractivity contribution in [3.05, 3.63) is 108 Å². The zero-order valence-electron chi connectivity index (χ0n) is 18.9. The Labute approximate surface area is 197 Å². The van der Waals surface area contributed by atoms with Crippen LogP contribution in [0.1, 0.15) is 20.7 Å². The summed E-state index contributed by atoms with van der Waals surface area (Å²) in [6.07, 6.45) is 0. The fourth-order valence-corrected chi connectivity index (χ4v) is 4.70. The average molecular weight is 447 g/mol. The van der Waals surface area contributed by atoms with Crippen molar-refractivity contribution >= 4 is 33.5 Å². The van der Waals surface area contributed by atoms with Gasteiger partial charge in [0.05, 0.1) is 25.3 Å². The fraction of sp³-hybridized carbons (Fsp3) is 0.0667. The molecular weight excluding hydrogens is 424 g/mol. The minimum atomic E-state index is -0.434. The van der Waals surface area contributed by atoms with Crippen LogP contribution in [0.2, 0.25) is 0 Å². The second-order valence-corrected chi connectivity index (χ2v) is 7.92. The van der Waals surface area contributed by atoms with Crippen molar-refractivity contribution < 1.29 is 19.1 Å². The molecule has 4 heteroatoms. The Balaban J connectivity index is 2.13. The van der Waals surface area contributed by atoms with Crippen molar-refractivity contribution in [3.8, 4) is 22.3 Å². The maximum atomic E-state index is 13.0. The molecular formula is C30H22O4. The van der Waals surface area contributed by atoms with Crippen LogP contribution in [-0.4, -0.2) is 26.2 Å². The fourth-order valence-electron chi connectivity index (χ4n) is 4.70. The Morgan fingerprint density at radius 2 is 0.971 bits per heavy atom. The smallest absolute Gasteiger partial charge is 0.338 e. The molecule has 5 aromatic carbocycles. The van der Waals surface area contributed by atoms with Gasteiger partial charge in [0, 0.05) is 10.8 Å². The largest absolute Gasteiger partial charge is 0.465 e. The monoisotopic (exact) mass is 446 g/mol. The van der Waals surface area contributed by atoms with Crippen molar-refractivity contribution in [2.24, 2.45) is 0 Å². The van der Waals surface area contributed by atoms with Crippen LogP contribution in [0, 0.1) is 0 Å². The normalized spacial score (nSPS) is 10.9. The van der Waals surface area contributed by atoms with E-state index in [0.717, 1.165) is 43.8 Å². The van der Waals surface area contributed by atoms with Gasteiger partial charge in [-0.3, -0.25) is 0 Å². The number of carbonyl (C=O) groups is 2. The second kappa shape index (κ2) is 8.83. The molecule has 0 radical (unpaired) electrons. The number of ether oxygens (including phenoxy) is 2. The van der Waals surface area contributed by atoms with Gasteiger partial charge in [-0.05, 0) is 45.2 Å². The zero-order chi connectivity index (χ0) is 23.7. The number of methoxy groups -OCH3 is 2. The number of esters is 2. The summed E-state index contributed by atoms with van der Waals surface area (Å²) >= 11 is 0. The summed E-state index contributed by atoms with van der Waals surface area (Å²) in [6, 6.07) is 31.2. The van der Waals surface area contributed by atoms with Gasteiger partial charge in [-0.25, -0.2) is 9.59 Å². The molecule has 5 aromatic rings. The van der Waals surface area contributed by atoms with E-state index in [4.69, 9.17) is 9.47 Å². The van der Waals surface area contributed by atoms with E-state index >= 15 is 0 Å². The van der Waals surface area contributed by atoms with E-state index in [0.29, 0.717) is 11.1 Å². The molecule has 0 saturated heterocycles. The number of hydrogen-bond acceptors (Lipinski definition) is 4. The maximum Gasteiger partial charge on any atom is 0.338 e. The van der Waals surface area contributed by atoms with Crippen LogP contribution in [0.25, 0.3) is 43.8 Å². The lowest BCUT2D eigenvalue weighted by Crippen LogP contribution is -2.06. The molecule has 0 amide bonds. The third-order valence-corrected chi connectivity index (χ3v) is 6.10. The summed E-state index contributed by atoms with van der Waals surface area (Å²) < 4.78 is 10.3. The number of fused-ring (bicyclic) bond motifs is 3. The minimum absolute atomic E-state index is 0.429. The minimum Gasteiger partial charge on any atom is -0.465 e. The first-order chi connectivity index (χ1) is 16.7. The molecule has 166 valence electrons. The van der Waals surface area contributed by atoms with Crippen molar-refractivity contribution in [2.45, 2.75) is 0 Å². The summed E-state index contributed by atoms with van der Waals surface area (Å²) in [7, 11) is 2.75. The van der Waals surface area contributed by atoms with Crippen molar-refractivity contribution in [1.29, 1.82) is 0 Å². The Kier molecular flexibility index (Phi) is 5.56. The Hall–Kier alpha value is -4.44.